The first-order valence-corrected chi connectivity index (χ1v) is 14.1. The molecule has 9 nitrogen and oxygen atoms in total. The van der Waals surface area contributed by atoms with Crippen molar-refractivity contribution in [2.45, 2.75) is 36.9 Å². The summed E-state index contributed by atoms with van der Waals surface area (Å²) in [5.74, 6) is -0.445. The zero-order valence-corrected chi connectivity index (χ0v) is 22.3. The Bertz CT molecular complexity index is 1300. The summed E-state index contributed by atoms with van der Waals surface area (Å²) in [5.41, 5.74) is 3.18. The molecule has 12 heteroatoms. The lowest BCUT2D eigenvalue weighted by Gasteiger charge is -2.18. The molecule has 0 saturated heterocycles. The van der Waals surface area contributed by atoms with Gasteiger partial charge in [-0.25, -0.2) is 8.42 Å². The van der Waals surface area contributed by atoms with Crippen LogP contribution in [-0.4, -0.2) is 53.6 Å². The highest BCUT2D eigenvalue weighted by molar-refractivity contribution is 8.01. The molecule has 2 N–H and O–H groups in total. The van der Waals surface area contributed by atoms with E-state index in [1.165, 1.54) is 40.3 Å². The highest BCUT2D eigenvalue weighted by atomic mass is 32.2. The number of hydrogen-bond acceptors (Lipinski definition) is 8. The SMILES string of the molecule is CCN(CC)S(=O)(=O)c1ccc(C(=O)Nc2nnc(SCC(=O)Nc3cccc(C)c3C)s2)cc1. The number of thioether (sulfide) groups is 1. The molecular weight excluding hydrogens is 506 g/mol. The van der Waals surface area contributed by atoms with Crippen LogP contribution >= 0.6 is 23.1 Å². The minimum Gasteiger partial charge on any atom is -0.325 e. The Kier molecular flexibility index (Phi) is 9.00. The van der Waals surface area contributed by atoms with Gasteiger partial charge in [0.25, 0.3) is 5.91 Å². The second-order valence-electron chi connectivity index (χ2n) is 7.53. The largest absolute Gasteiger partial charge is 0.325 e. The number of rotatable bonds is 10. The molecule has 1 aromatic heterocycles. The number of carbonyl (C=O) groups is 2. The van der Waals surface area contributed by atoms with Crippen molar-refractivity contribution in [3.63, 3.8) is 0 Å². The summed E-state index contributed by atoms with van der Waals surface area (Å²) < 4.78 is 27.1. The maximum Gasteiger partial charge on any atom is 0.257 e. The van der Waals surface area contributed by atoms with E-state index in [0.717, 1.165) is 28.2 Å². The van der Waals surface area contributed by atoms with Gasteiger partial charge in [0.05, 0.1) is 10.6 Å². The first-order valence-electron chi connectivity index (χ1n) is 10.9. The highest BCUT2D eigenvalue weighted by Crippen LogP contribution is 2.26. The van der Waals surface area contributed by atoms with E-state index in [4.69, 9.17) is 0 Å². The predicted molar refractivity (Wildman–Crippen MR) is 140 cm³/mol. The molecule has 0 unspecified atom stereocenters. The molecule has 0 saturated carbocycles. The van der Waals surface area contributed by atoms with E-state index in [0.29, 0.717) is 23.0 Å². The molecule has 0 bridgehead atoms. The van der Waals surface area contributed by atoms with E-state index in [9.17, 15) is 18.0 Å². The fourth-order valence-corrected chi connectivity index (χ4v) is 6.18. The number of benzene rings is 2. The van der Waals surface area contributed by atoms with Crippen molar-refractivity contribution in [2.75, 3.05) is 29.5 Å². The van der Waals surface area contributed by atoms with Gasteiger partial charge in [-0.05, 0) is 55.3 Å². The molecule has 0 aliphatic carbocycles. The van der Waals surface area contributed by atoms with E-state index < -0.39 is 15.9 Å². The topological polar surface area (TPSA) is 121 Å². The van der Waals surface area contributed by atoms with Gasteiger partial charge >= 0.3 is 0 Å². The summed E-state index contributed by atoms with van der Waals surface area (Å²) >= 11 is 2.38. The molecule has 0 spiro atoms. The third kappa shape index (κ3) is 6.66. The van der Waals surface area contributed by atoms with Crippen LogP contribution in [-0.2, 0) is 14.8 Å². The lowest BCUT2D eigenvalue weighted by atomic mass is 10.1. The Hall–Kier alpha value is -2.80. The summed E-state index contributed by atoms with van der Waals surface area (Å²) in [6.45, 7) is 8.22. The maximum absolute atomic E-state index is 12.6. The molecule has 186 valence electrons. The smallest absolute Gasteiger partial charge is 0.257 e. The molecule has 3 rings (SSSR count). The Balaban J connectivity index is 1.56. The normalized spacial score (nSPS) is 11.5. The van der Waals surface area contributed by atoms with E-state index >= 15 is 0 Å². The molecule has 0 aliphatic heterocycles. The van der Waals surface area contributed by atoms with E-state index in [-0.39, 0.29) is 21.7 Å². The van der Waals surface area contributed by atoms with Crippen molar-refractivity contribution < 1.29 is 18.0 Å². The van der Waals surface area contributed by atoms with E-state index in [1.54, 1.807) is 13.8 Å². The Morgan fingerprint density at radius 1 is 1.00 bits per heavy atom. The van der Waals surface area contributed by atoms with Crippen LogP contribution < -0.4 is 10.6 Å². The summed E-state index contributed by atoms with van der Waals surface area (Å²) in [5, 5.41) is 13.8. The van der Waals surface area contributed by atoms with E-state index in [1.807, 2.05) is 32.0 Å². The molecule has 35 heavy (non-hydrogen) atoms. The van der Waals surface area contributed by atoms with Gasteiger partial charge in [0, 0.05) is 24.3 Å². The average Bonchev–Trinajstić information content (AvgIpc) is 3.28. The number of nitrogens with zero attached hydrogens (tertiary/aromatic N) is 3. The third-order valence-electron chi connectivity index (χ3n) is 5.29. The lowest BCUT2D eigenvalue weighted by molar-refractivity contribution is -0.113. The summed E-state index contributed by atoms with van der Waals surface area (Å²) in [6, 6.07) is 11.5. The highest BCUT2D eigenvalue weighted by Gasteiger charge is 2.22. The van der Waals surface area contributed by atoms with Crippen LogP contribution in [0.5, 0.6) is 0 Å². The number of carbonyl (C=O) groups excluding carboxylic acids is 2. The zero-order chi connectivity index (χ0) is 25.6. The number of aryl methyl sites for hydroxylation is 1. The van der Waals surface area contributed by atoms with Gasteiger partial charge in [-0.15, -0.1) is 10.2 Å². The van der Waals surface area contributed by atoms with Gasteiger partial charge in [-0.1, -0.05) is 49.1 Å². The lowest BCUT2D eigenvalue weighted by Crippen LogP contribution is -2.30. The fourth-order valence-electron chi connectivity index (χ4n) is 3.18. The molecule has 2 amide bonds. The molecular formula is C23H27N5O4S3. The van der Waals surface area contributed by atoms with Gasteiger partial charge < -0.3 is 5.32 Å². The maximum atomic E-state index is 12.6. The van der Waals surface area contributed by atoms with Crippen LogP contribution in [0.2, 0.25) is 0 Å². The van der Waals surface area contributed by atoms with Gasteiger partial charge in [0.1, 0.15) is 0 Å². The molecule has 0 atom stereocenters. The fraction of sp³-hybridized carbons (Fsp3) is 0.304. The second kappa shape index (κ2) is 11.8. The molecule has 0 radical (unpaired) electrons. The number of nitrogens with one attached hydrogen (secondary N) is 2. The first kappa shape index (κ1) is 26.8. The van der Waals surface area contributed by atoms with Crippen LogP contribution in [0.25, 0.3) is 0 Å². The predicted octanol–water partition coefficient (Wildman–Crippen LogP) is 4.17. The van der Waals surface area contributed by atoms with Gasteiger partial charge in [0.15, 0.2) is 4.34 Å². The molecule has 0 aliphatic rings. The monoisotopic (exact) mass is 533 g/mol. The molecule has 0 fully saturated rings. The Morgan fingerprint density at radius 3 is 2.34 bits per heavy atom. The minimum absolute atomic E-state index is 0.131. The number of anilines is 2. The molecule has 2 aromatic carbocycles. The van der Waals surface area contributed by atoms with Crippen molar-refractivity contribution in [3.8, 4) is 0 Å². The van der Waals surface area contributed by atoms with Gasteiger partial charge in [-0.2, -0.15) is 4.31 Å². The van der Waals surface area contributed by atoms with Crippen molar-refractivity contribution in [1.82, 2.24) is 14.5 Å². The number of hydrogen-bond donors (Lipinski definition) is 2. The number of amides is 2. The van der Waals surface area contributed by atoms with Gasteiger partial charge in [0.2, 0.25) is 21.1 Å². The van der Waals surface area contributed by atoms with E-state index in [2.05, 4.69) is 20.8 Å². The van der Waals surface area contributed by atoms with Crippen LogP contribution in [0.4, 0.5) is 10.8 Å². The van der Waals surface area contributed by atoms with Crippen LogP contribution in [0.1, 0.15) is 35.3 Å². The van der Waals surface area contributed by atoms with Crippen LogP contribution in [0.15, 0.2) is 51.7 Å². The van der Waals surface area contributed by atoms with Gasteiger partial charge in [-0.3, -0.25) is 14.9 Å². The summed E-state index contributed by atoms with van der Waals surface area (Å²) in [4.78, 5) is 25.0. The van der Waals surface area contributed by atoms with Crippen LogP contribution in [0, 0.1) is 13.8 Å². The quantitative estimate of drug-likeness (QED) is 0.296. The Labute approximate surface area is 213 Å². The average molecular weight is 534 g/mol. The molecule has 1 heterocycles. The first-order chi connectivity index (χ1) is 16.6. The standard InChI is InChI=1S/C23H27N5O4S3/c1-5-28(6-2)35(31,32)18-12-10-17(11-13-18)21(30)25-22-26-27-23(34-22)33-14-20(29)24-19-9-7-8-15(3)16(19)4/h7-13H,5-6,14H2,1-4H3,(H,24,29)(H,25,26,30). The number of sulfonamides is 1. The zero-order valence-electron chi connectivity index (χ0n) is 19.9. The molecule has 3 aromatic rings. The van der Waals surface area contributed by atoms with Crippen LogP contribution in [0.3, 0.4) is 0 Å². The minimum atomic E-state index is -3.59. The van der Waals surface area contributed by atoms with Crippen molar-refractivity contribution in [1.29, 1.82) is 0 Å². The third-order valence-corrected chi connectivity index (χ3v) is 9.33. The summed E-state index contributed by atoms with van der Waals surface area (Å²) in [7, 11) is -3.59. The van der Waals surface area contributed by atoms with Crippen molar-refractivity contribution in [3.05, 3.63) is 59.2 Å². The Morgan fingerprint density at radius 2 is 1.69 bits per heavy atom. The summed E-state index contributed by atoms with van der Waals surface area (Å²) in [6.07, 6.45) is 0. The van der Waals surface area contributed by atoms with Crippen molar-refractivity contribution in [2.24, 2.45) is 0 Å². The van der Waals surface area contributed by atoms with Crippen molar-refractivity contribution >= 4 is 55.8 Å². The second-order valence-corrected chi connectivity index (χ2v) is 11.7. The number of aromatic nitrogens is 2.